The van der Waals surface area contributed by atoms with Crippen molar-refractivity contribution in [3.63, 3.8) is 0 Å². The number of nitrogens with zero attached hydrogens (tertiary/aromatic N) is 1. The second kappa shape index (κ2) is 8.62. The Morgan fingerprint density at radius 2 is 1.93 bits per heavy atom. The molecule has 0 atom stereocenters. The minimum atomic E-state index is -0.503. The van der Waals surface area contributed by atoms with E-state index in [9.17, 15) is 9.90 Å². The van der Waals surface area contributed by atoms with Crippen molar-refractivity contribution < 1.29 is 19.1 Å². The Kier molecular flexibility index (Phi) is 6.01. The lowest BCUT2D eigenvalue weighted by atomic mass is 10.2. The first-order chi connectivity index (χ1) is 13.0. The summed E-state index contributed by atoms with van der Waals surface area (Å²) in [6.45, 7) is 0.0874. The van der Waals surface area contributed by atoms with Crippen LogP contribution in [0.5, 0.6) is 11.5 Å². The van der Waals surface area contributed by atoms with Crippen molar-refractivity contribution in [2.75, 3.05) is 0 Å². The van der Waals surface area contributed by atoms with Gasteiger partial charge in [-0.3, -0.25) is 4.79 Å². The van der Waals surface area contributed by atoms with Crippen molar-refractivity contribution in [1.29, 1.82) is 0 Å². The van der Waals surface area contributed by atoms with Crippen LogP contribution in [0.15, 0.2) is 64.1 Å². The third kappa shape index (κ3) is 5.26. The number of amides is 1. The zero-order valence-electron chi connectivity index (χ0n) is 13.9. The first-order valence-corrected chi connectivity index (χ1v) is 8.56. The fraction of sp³-hybridized carbons (Fsp3) is 0.0526. The van der Waals surface area contributed by atoms with Crippen LogP contribution in [0.4, 0.5) is 0 Å². The maximum absolute atomic E-state index is 12.0. The van der Waals surface area contributed by atoms with Crippen LogP contribution in [0.1, 0.15) is 21.9 Å². The molecule has 6 nitrogen and oxygen atoms in total. The minimum absolute atomic E-state index is 0.0874. The zero-order chi connectivity index (χ0) is 19.2. The number of nitrogens with one attached hydrogen (secondary N) is 1. The monoisotopic (exact) mass is 404 g/mol. The summed E-state index contributed by atoms with van der Waals surface area (Å²) in [6, 6.07) is 14.4. The van der Waals surface area contributed by atoms with Gasteiger partial charge in [-0.05, 0) is 54.1 Å². The van der Waals surface area contributed by atoms with Gasteiger partial charge in [0.1, 0.15) is 23.9 Å². The fourth-order valence-corrected chi connectivity index (χ4v) is 2.43. The van der Waals surface area contributed by atoms with Crippen LogP contribution in [0.3, 0.4) is 0 Å². The van der Waals surface area contributed by atoms with E-state index in [0.29, 0.717) is 21.6 Å². The Morgan fingerprint density at radius 1 is 1.15 bits per heavy atom. The second-order valence-corrected chi connectivity index (χ2v) is 6.26. The Balaban J connectivity index is 1.55. The van der Waals surface area contributed by atoms with Crippen LogP contribution in [0, 0.1) is 0 Å². The molecule has 3 rings (SSSR count). The van der Waals surface area contributed by atoms with Crippen LogP contribution in [-0.4, -0.2) is 17.2 Å². The molecule has 1 amide bonds. The molecule has 0 saturated carbocycles. The number of furan rings is 1. The molecule has 1 aromatic heterocycles. The molecule has 2 aromatic carbocycles. The normalized spacial score (nSPS) is 10.9. The van der Waals surface area contributed by atoms with Crippen molar-refractivity contribution >= 4 is 35.3 Å². The van der Waals surface area contributed by atoms with E-state index in [1.165, 1.54) is 24.4 Å². The highest BCUT2D eigenvalue weighted by atomic mass is 35.5. The van der Waals surface area contributed by atoms with Gasteiger partial charge >= 0.3 is 5.91 Å². The molecule has 3 aromatic rings. The van der Waals surface area contributed by atoms with E-state index in [0.717, 1.165) is 5.56 Å². The summed E-state index contributed by atoms with van der Waals surface area (Å²) in [5.41, 5.74) is 3.08. The van der Waals surface area contributed by atoms with Crippen LogP contribution >= 0.6 is 23.2 Å². The van der Waals surface area contributed by atoms with Gasteiger partial charge in [0.05, 0.1) is 11.2 Å². The van der Waals surface area contributed by atoms with Crippen LogP contribution < -0.4 is 10.2 Å². The topological polar surface area (TPSA) is 84.1 Å². The summed E-state index contributed by atoms with van der Waals surface area (Å²) in [6.07, 6.45) is 1.45. The summed E-state index contributed by atoms with van der Waals surface area (Å²) in [5, 5.41) is 14.0. The molecule has 0 unspecified atom stereocenters. The standard InChI is InChI=1S/C19H14Cl2N2O4/c20-13-3-7-16(21)18(9-13)26-11-15-6-8-17(27-15)19(25)23-22-10-12-1-4-14(24)5-2-12/h1-10,24H,11H2,(H,23,25)/b22-10-. The molecule has 0 fully saturated rings. The average molecular weight is 405 g/mol. The molecule has 27 heavy (non-hydrogen) atoms. The number of carbonyl (C=O) groups is 1. The highest BCUT2D eigenvalue weighted by Gasteiger charge is 2.11. The molecule has 0 saturated heterocycles. The maximum atomic E-state index is 12.0. The first kappa shape index (κ1) is 18.8. The molecule has 0 aliphatic carbocycles. The third-order valence-electron chi connectivity index (χ3n) is 3.42. The van der Waals surface area contributed by atoms with Crippen molar-refractivity contribution in [1.82, 2.24) is 5.43 Å². The lowest BCUT2D eigenvalue weighted by Gasteiger charge is -2.06. The molecule has 8 heteroatoms. The van der Waals surface area contributed by atoms with E-state index in [1.54, 1.807) is 36.4 Å². The zero-order valence-corrected chi connectivity index (χ0v) is 15.4. The predicted octanol–water partition coefficient (Wildman–Crippen LogP) is 4.63. The molecule has 0 aliphatic rings. The Hall–Kier alpha value is -2.96. The number of halogens is 2. The van der Waals surface area contributed by atoms with Crippen molar-refractivity contribution in [2.24, 2.45) is 5.10 Å². The number of hydrogen-bond acceptors (Lipinski definition) is 5. The lowest BCUT2D eigenvalue weighted by Crippen LogP contribution is -2.16. The van der Waals surface area contributed by atoms with Crippen molar-refractivity contribution in [2.45, 2.75) is 6.61 Å². The molecular formula is C19H14Cl2N2O4. The highest BCUT2D eigenvalue weighted by molar-refractivity contribution is 6.34. The van der Waals surface area contributed by atoms with Gasteiger partial charge in [0.2, 0.25) is 0 Å². The lowest BCUT2D eigenvalue weighted by molar-refractivity contribution is 0.0923. The van der Waals surface area contributed by atoms with Crippen LogP contribution in [-0.2, 0) is 6.61 Å². The number of aromatic hydroxyl groups is 1. The van der Waals surface area contributed by atoms with E-state index < -0.39 is 5.91 Å². The van der Waals surface area contributed by atoms with E-state index >= 15 is 0 Å². The summed E-state index contributed by atoms with van der Waals surface area (Å²) < 4.78 is 11.0. The smallest absolute Gasteiger partial charge is 0.307 e. The Bertz CT molecular complexity index is 968. The quantitative estimate of drug-likeness (QED) is 0.463. The second-order valence-electron chi connectivity index (χ2n) is 5.42. The minimum Gasteiger partial charge on any atom is -0.508 e. The van der Waals surface area contributed by atoms with E-state index in [1.807, 2.05) is 0 Å². The van der Waals surface area contributed by atoms with Gasteiger partial charge in [-0.25, -0.2) is 5.43 Å². The van der Waals surface area contributed by atoms with E-state index in [2.05, 4.69) is 10.5 Å². The third-order valence-corrected chi connectivity index (χ3v) is 3.97. The summed E-state index contributed by atoms with van der Waals surface area (Å²) in [5.74, 6) is 0.607. The molecule has 138 valence electrons. The molecule has 0 radical (unpaired) electrons. The van der Waals surface area contributed by atoms with Gasteiger partial charge in [0, 0.05) is 11.1 Å². The van der Waals surface area contributed by atoms with Gasteiger partial charge in [-0.15, -0.1) is 0 Å². The number of phenolic OH excluding ortho intramolecular Hbond substituents is 1. The number of hydrogen-bond donors (Lipinski definition) is 2. The first-order valence-electron chi connectivity index (χ1n) is 7.80. The van der Waals surface area contributed by atoms with Crippen LogP contribution in [0.25, 0.3) is 0 Å². The van der Waals surface area contributed by atoms with Gasteiger partial charge in [0.25, 0.3) is 0 Å². The number of benzene rings is 2. The molecule has 0 aliphatic heterocycles. The summed E-state index contributed by atoms with van der Waals surface area (Å²) >= 11 is 11.9. The fourth-order valence-electron chi connectivity index (χ4n) is 2.10. The number of phenols is 1. The Labute approximate surface area is 165 Å². The van der Waals surface area contributed by atoms with Crippen LogP contribution in [0.2, 0.25) is 10.0 Å². The molecule has 0 spiro atoms. The Morgan fingerprint density at radius 3 is 2.70 bits per heavy atom. The van der Waals surface area contributed by atoms with Gasteiger partial charge in [0.15, 0.2) is 5.76 Å². The number of carbonyl (C=O) groups excluding carboxylic acids is 1. The van der Waals surface area contributed by atoms with E-state index in [4.69, 9.17) is 32.4 Å². The van der Waals surface area contributed by atoms with E-state index in [-0.39, 0.29) is 18.1 Å². The maximum Gasteiger partial charge on any atom is 0.307 e. The van der Waals surface area contributed by atoms with Gasteiger partial charge in [-0.2, -0.15) is 5.10 Å². The summed E-state index contributed by atoms with van der Waals surface area (Å²) in [4.78, 5) is 12.0. The number of hydrazone groups is 1. The predicted molar refractivity (Wildman–Crippen MR) is 103 cm³/mol. The van der Waals surface area contributed by atoms with Gasteiger partial charge < -0.3 is 14.3 Å². The molecule has 1 heterocycles. The largest absolute Gasteiger partial charge is 0.508 e. The SMILES string of the molecule is O=C(N/N=C\c1ccc(O)cc1)c1ccc(COc2cc(Cl)ccc2Cl)o1. The highest BCUT2D eigenvalue weighted by Crippen LogP contribution is 2.28. The molecular weight excluding hydrogens is 391 g/mol. The molecule has 0 bridgehead atoms. The molecule has 2 N–H and O–H groups in total. The number of ether oxygens (including phenoxy) is 1. The summed E-state index contributed by atoms with van der Waals surface area (Å²) in [7, 11) is 0. The average Bonchev–Trinajstić information content (AvgIpc) is 3.13. The van der Waals surface area contributed by atoms with Crippen molar-refractivity contribution in [3.05, 3.63) is 81.7 Å². The number of rotatable bonds is 6. The van der Waals surface area contributed by atoms with Crippen molar-refractivity contribution in [3.8, 4) is 11.5 Å². The van der Waals surface area contributed by atoms with Gasteiger partial charge in [-0.1, -0.05) is 23.2 Å².